The molecule has 0 heterocycles. The van der Waals surface area contributed by atoms with E-state index < -0.39 is 5.79 Å². The van der Waals surface area contributed by atoms with Gasteiger partial charge < -0.3 is 31.2 Å². The summed E-state index contributed by atoms with van der Waals surface area (Å²) in [6, 6.07) is 5.19. The predicted octanol–water partition coefficient (Wildman–Crippen LogP) is 0.562. The Balaban J connectivity index is 2.48. The quantitative estimate of drug-likeness (QED) is 0.475. The molecule has 0 unspecified atom stereocenters. The molecule has 6 heteroatoms. The van der Waals surface area contributed by atoms with Crippen molar-refractivity contribution in [1.29, 1.82) is 0 Å². The van der Waals surface area contributed by atoms with Gasteiger partial charge in [-0.25, -0.2) is 0 Å². The zero-order valence-electron chi connectivity index (χ0n) is 11.4. The summed E-state index contributed by atoms with van der Waals surface area (Å²) in [5.41, 5.74) is 13.2. The summed E-state index contributed by atoms with van der Waals surface area (Å²) in [6.07, 6.45) is 1.63. The molecule has 2 rings (SSSR count). The molecule has 0 amide bonds. The van der Waals surface area contributed by atoms with Crippen molar-refractivity contribution in [3.63, 3.8) is 0 Å². The number of benzene rings is 1. The van der Waals surface area contributed by atoms with Crippen LogP contribution in [0.5, 0.6) is 5.75 Å². The minimum atomic E-state index is -2.13. The molecule has 1 aliphatic carbocycles. The molecule has 0 saturated carbocycles. The van der Waals surface area contributed by atoms with Gasteiger partial charge in [0.2, 0.25) is 5.79 Å². The van der Waals surface area contributed by atoms with Gasteiger partial charge in [-0.2, -0.15) is 0 Å². The lowest BCUT2D eigenvalue weighted by atomic mass is 9.90. The van der Waals surface area contributed by atoms with E-state index in [1.807, 2.05) is 0 Å². The van der Waals surface area contributed by atoms with E-state index >= 15 is 0 Å². The Morgan fingerprint density at radius 3 is 2.45 bits per heavy atom. The molecular formula is C14H18N2O4. The summed E-state index contributed by atoms with van der Waals surface area (Å²) in [7, 11) is 2.94. The predicted molar refractivity (Wildman–Crippen MR) is 75.4 cm³/mol. The van der Waals surface area contributed by atoms with Gasteiger partial charge >= 0.3 is 0 Å². The molecule has 0 aromatic heterocycles. The smallest absolute Gasteiger partial charge is 0.212 e. The third-order valence-electron chi connectivity index (χ3n) is 3.26. The average Bonchev–Trinajstić information content (AvgIpc) is 2.42. The molecular weight excluding hydrogens is 260 g/mol. The molecule has 0 bridgehead atoms. The van der Waals surface area contributed by atoms with E-state index in [9.17, 15) is 10.2 Å². The summed E-state index contributed by atoms with van der Waals surface area (Å²) in [6.45, 7) is 0. The largest absolute Gasteiger partial charge is 0.495 e. The average molecular weight is 278 g/mol. The van der Waals surface area contributed by atoms with Crippen LogP contribution in [0.15, 0.2) is 35.7 Å². The van der Waals surface area contributed by atoms with Crippen LogP contribution in [0.4, 0.5) is 5.69 Å². The number of methoxy groups -OCH3 is 2. The number of nitrogens with two attached hydrogens (primary N) is 2. The monoisotopic (exact) mass is 278 g/mol. The Labute approximate surface area is 116 Å². The highest BCUT2D eigenvalue weighted by Crippen LogP contribution is 2.36. The Morgan fingerprint density at radius 1 is 1.15 bits per heavy atom. The fraction of sp³-hybridized carbons (Fsp3) is 0.286. The van der Waals surface area contributed by atoms with E-state index in [1.165, 1.54) is 14.2 Å². The number of hydrogen-bond donors (Lipinski definition) is 4. The number of rotatable bonds is 3. The highest BCUT2D eigenvalue weighted by atomic mass is 16.5. The van der Waals surface area contributed by atoms with Crippen molar-refractivity contribution in [3.05, 3.63) is 41.3 Å². The van der Waals surface area contributed by atoms with Crippen LogP contribution < -0.4 is 16.2 Å². The van der Waals surface area contributed by atoms with Gasteiger partial charge in [-0.3, -0.25) is 0 Å². The van der Waals surface area contributed by atoms with Crippen molar-refractivity contribution in [3.8, 4) is 5.75 Å². The van der Waals surface area contributed by atoms with E-state index in [1.54, 1.807) is 24.3 Å². The SMILES string of the molecule is COC1=C(N)C(O)(O)CC(c2ccc(N)c(OC)c2)=C1. The van der Waals surface area contributed by atoms with Crippen LogP contribution in [0.2, 0.25) is 0 Å². The van der Waals surface area contributed by atoms with Crippen LogP contribution in [0.3, 0.4) is 0 Å². The van der Waals surface area contributed by atoms with Gasteiger partial charge in [0, 0.05) is 6.42 Å². The summed E-state index contributed by atoms with van der Waals surface area (Å²) in [4.78, 5) is 0. The first-order chi connectivity index (χ1) is 9.39. The number of anilines is 1. The Kier molecular flexibility index (Phi) is 3.61. The Morgan fingerprint density at radius 2 is 1.85 bits per heavy atom. The fourth-order valence-corrected chi connectivity index (χ4v) is 2.11. The first kappa shape index (κ1) is 14.2. The second-order valence-electron chi connectivity index (χ2n) is 4.60. The minimum Gasteiger partial charge on any atom is -0.495 e. The van der Waals surface area contributed by atoms with Crippen molar-refractivity contribution >= 4 is 11.3 Å². The molecule has 108 valence electrons. The summed E-state index contributed by atoms with van der Waals surface area (Å²) in [5.74, 6) is -1.39. The molecule has 0 fully saturated rings. The van der Waals surface area contributed by atoms with E-state index in [0.29, 0.717) is 17.0 Å². The standard InChI is InChI=1S/C14H18N2O4/c1-19-11-5-8(3-4-10(11)15)9-6-12(20-2)13(16)14(17,18)7-9/h3-6,17-18H,7,15-16H2,1-2H3. The zero-order chi connectivity index (χ0) is 14.9. The maximum absolute atomic E-state index is 9.95. The second-order valence-corrected chi connectivity index (χ2v) is 4.60. The van der Waals surface area contributed by atoms with Gasteiger partial charge in [0.1, 0.15) is 17.2 Å². The van der Waals surface area contributed by atoms with Crippen LogP contribution in [-0.4, -0.2) is 30.2 Å². The molecule has 6 N–H and O–H groups in total. The van der Waals surface area contributed by atoms with Gasteiger partial charge in [-0.05, 0) is 29.3 Å². The number of aliphatic hydroxyl groups is 2. The summed E-state index contributed by atoms with van der Waals surface area (Å²) >= 11 is 0. The van der Waals surface area contributed by atoms with E-state index in [0.717, 1.165) is 5.56 Å². The topological polar surface area (TPSA) is 111 Å². The van der Waals surface area contributed by atoms with Crippen molar-refractivity contribution < 1.29 is 19.7 Å². The van der Waals surface area contributed by atoms with E-state index in [2.05, 4.69) is 0 Å². The summed E-state index contributed by atoms with van der Waals surface area (Å²) in [5, 5.41) is 19.9. The molecule has 20 heavy (non-hydrogen) atoms. The van der Waals surface area contributed by atoms with Crippen molar-refractivity contribution in [1.82, 2.24) is 0 Å². The molecule has 0 saturated heterocycles. The molecule has 0 spiro atoms. The third-order valence-corrected chi connectivity index (χ3v) is 3.26. The van der Waals surface area contributed by atoms with Crippen LogP contribution >= 0.6 is 0 Å². The fourth-order valence-electron chi connectivity index (χ4n) is 2.11. The molecule has 0 aliphatic heterocycles. The van der Waals surface area contributed by atoms with Crippen molar-refractivity contribution in [2.75, 3.05) is 20.0 Å². The van der Waals surface area contributed by atoms with Gasteiger partial charge in [0.05, 0.1) is 19.9 Å². The molecule has 0 atom stereocenters. The molecule has 0 radical (unpaired) electrons. The Hall–Kier alpha value is -2.18. The lowest BCUT2D eigenvalue weighted by Gasteiger charge is -2.29. The van der Waals surface area contributed by atoms with Crippen LogP contribution in [0.1, 0.15) is 12.0 Å². The first-order valence-corrected chi connectivity index (χ1v) is 6.02. The molecule has 1 aromatic rings. The van der Waals surface area contributed by atoms with Gasteiger partial charge in [0.25, 0.3) is 0 Å². The summed E-state index contributed by atoms with van der Waals surface area (Å²) < 4.78 is 10.2. The van der Waals surface area contributed by atoms with Crippen molar-refractivity contribution in [2.45, 2.75) is 12.2 Å². The lowest BCUT2D eigenvalue weighted by Crippen LogP contribution is -2.38. The van der Waals surface area contributed by atoms with Crippen LogP contribution in [0.25, 0.3) is 5.57 Å². The first-order valence-electron chi connectivity index (χ1n) is 6.02. The normalized spacial score (nSPS) is 17.7. The Bertz CT molecular complexity index is 591. The molecule has 1 aliphatic rings. The highest BCUT2D eigenvalue weighted by molar-refractivity contribution is 5.74. The zero-order valence-corrected chi connectivity index (χ0v) is 11.4. The maximum Gasteiger partial charge on any atom is 0.212 e. The van der Waals surface area contributed by atoms with Crippen LogP contribution in [-0.2, 0) is 4.74 Å². The number of hydrogen-bond acceptors (Lipinski definition) is 6. The van der Waals surface area contributed by atoms with Crippen molar-refractivity contribution in [2.24, 2.45) is 5.73 Å². The molecule has 1 aromatic carbocycles. The van der Waals surface area contributed by atoms with Gasteiger partial charge in [-0.15, -0.1) is 0 Å². The highest BCUT2D eigenvalue weighted by Gasteiger charge is 2.35. The van der Waals surface area contributed by atoms with Gasteiger partial charge in [-0.1, -0.05) is 6.07 Å². The van der Waals surface area contributed by atoms with E-state index in [-0.39, 0.29) is 17.9 Å². The number of ether oxygens (including phenoxy) is 2. The lowest BCUT2D eigenvalue weighted by molar-refractivity contribution is -0.127. The maximum atomic E-state index is 9.95. The number of nitrogen functional groups attached to an aromatic ring is 1. The minimum absolute atomic E-state index is 0.0429. The van der Waals surface area contributed by atoms with Crippen LogP contribution in [0, 0.1) is 0 Å². The number of allylic oxidation sites excluding steroid dienone is 1. The van der Waals surface area contributed by atoms with Gasteiger partial charge in [0.15, 0.2) is 0 Å². The third kappa shape index (κ3) is 2.43. The molecule has 6 nitrogen and oxygen atoms in total. The van der Waals surface area contributed by atoms with E-state index in [4.69, 9.17) is 20.9 Å². The second kappa shape index (κ2) is 5.07.